The van der Waals surface area contributed by atoms with E-state index in [9.17, 15) is 0 Å². The van der Waals surface area contributed by atoms with Crippen LogP contribution in [-0.2, 0) is 6.54 Å². The van der Waals surface area contributed by atoms with Crippen molar-refractivity contribution in [3.8, 4) is 5.75 Å². The number of ether oxygens (including phenoxy) is 1. The molecule has 0 saturated heterocycles. The van der Waals surface area contributed by atoms with Crippen LogP contribution in [0.2, 0.25) is 5.02 Å². The molecule has 0 aromatic heterocycles. The minimum Gasteiger partial charge on any atom is -0.489 e. The molecule has 1 aliphatic carbocycles. The third-order valence-electron chi connectivity index (χ3n) is 3.85. The lowest BCUT2D eigenvalue weighted by Crippen LogP contribution is -2.33. The zero-order valence-electron chi connectivity index (χ0n) is 10.9. The fourth-order valence-corrected chi connectivity index (χ4v) is 2.76. The van der Waals surface area contributed by atoms with Crippen LogP contribution in [0.15, 0.2) is 18.2 Å². The second kappa shape index (κ2) is 5.10. The number of hydrogen-bond donors (Lipinski definition) is 0. The lowest BCUT2D eigenvalue weighted by atomic mass is 10.2. The third-order valence-corrected chi connectivity index (χ3v) is 4.08. The van der Waals surface area contributed by atoms with Crippen molar-refractivity contribution < 1.29 is 4.74 Å². The summed E-state index contributed by atoms with van der Waals surface area (Å²) in [4.78, 5) is 2.55. The molecule has 3 rings (SSSR count). The topological polar surface area (TPSA) is 12.5 Å². The van der Waals surface area contributed by atoms with Crippen molar-refractivity contribution in [1.29, 1.82) is 0 Å². The monoisotopic (exact) mass is 265 g/mol. The van der Waals surface area contributed by atoms with Gasteiger partial charge in [-0.3, -0.25) is 4.90 Å². The predicted molar refractivity (Wildman–Crippen MR) is 74.2 cm³/mol. The Morgan fingerprint density at radius 1 is 1.39 bits per heavy atom. The summed E-state index contributed by atoms with van der Waals surface area (Å²) in [5.74, 6) is 1.91. The van der Waals surface area contributed by atoms with E-state index in [1.54, 1.807) is 0 Å². The molecule has 0 amide bonds. The third kappa shape index (κ3) is 2.81. The number of nitrogens with zero attached hydrogens (tertiary/aromatic N) is 1. The molecule has 0 spiro atoms. The van der Waals surface area contributed by atoms with Crippen molar-refractivity contribution in [3.63, 3.8) is 0 Å². The summed E-state index contributed by atoms with van der Waals surface area (Å²) in [6, 6.07) is 6.03. The number of halogens is 1. The highest BCUT2D eigenvalue weighted by molar-refractivity contribution is 6.30. The van der Waals surface area contributed by atoms with Gasteiger partial charge in [-0.25, -0.2) is 0 Å². The van der Waals surface area contributed by atoms with E-state index in [-0.39, 0.29) is 0 Å². The summed E-state index contributed by atoms with van der Waals surface area (Å²) in [7, 11) is 0. The van der Waals surface area contributed by atoms with Crippen LogP contribution in [-0.4, -0.2) is 24.1 Å². The number of fused-ring (bicyclic) bond motifs is 1. The molecule has 1 saturated carbocycles. The summed E-state index contributed by atoms with van der Waals surface area (Å²) in [6.07, 6.45) is 4.15. The Morgan fingerprint density at radius 3 is 2.94 bits per heavy atom. The standard InChI is InChI=1S/C15H20ClNO/c1-2-14-10-17(8-11-3-4-11)9-12-5-6-13(16)7-15(12)18-14/h5-7,11,14H,2-4,8-10H2,1H3/t14-/m0/s1. The minimum atomic E-state index is 0.295. The lowest BCUT2D eigenvalue weighted by molar-refractivity contribution is 0.140. The van der Waals surface area contributed by atoms with E-state index in [4.69, 9.17) is 16.3 Å². The smallest absolute Gasteiger partial charge is 0.125 e. The van der Waals surface area contributed by atoms with Crippen LogP contribution in [0, 0.1) is 5.92 Å². The minimum absolute atomic E-state index is 0.295. The molecule has 1 heterocycles. The van der Waals surface area contributed by atoms with E-state index in [2.05, 4.69) is 17.9 Å². The Bertz CT molecular complexity index is 431. The highest BCUT2D eigenvalue weighted by atomic mass is 35.5. The quantitative estimate of drug-likeness (QED) is 0.826. The maximum atomic E-state index is 6.09. The first-order valence-corrected chi connectivity index (χ1v) is 7.30. The van der Waals surface area contributed by atoms with Gasteiger partial charge in [-0.2, -0.15) is 0 Å². The molecule has 0 N–H and O–H groups in total. The van der Waals surface area contributed by atoms with Gasteiger partial charge in [0.1, 0.15) is 11.9 Å². The molecule has 0 bridgehead atoms. The SMILES string of the molecule is CC[C@H]1CN(CC2CC2)Cc2ccc(Cl)cc2O1. The van der Waals surface area contributed by atoms with Gasteiger partial charge in [-0.05, 0) is 37.3 Å². The van der Waals surface area contributed by atoms with Crippen LogP contribution in [0.4, 0.5) is 0 Å². The van der Waals surface area contributed by atoms with Gasteiger partial charge in [-0.1, -0.05) is 24.6 Å². The van der Waals surface area contributed by atoms with E-state index < -0.39 is 0 Å². The van der Waals surface area contributed by atoms with Crippen molar-refractivity contribution in [2.24, 2.45) is 5.92 Å². The van der Waals surface area contributed by atoms with Crippen LogP contribution in [0.5, 0.6) is 5.75 Å². The molecular formula is C15H20ClNO. The van der Waals surface area contributed by atoms with Gasteiger partial charge in [-0.15, -0.1) is 0 Å². The predicted octanol–water partition coefficient (Wildman–Crippen LogP) is 3.72. The van der Waals surface area contributed by atoms with E-state index in [1.807, 2.05) is 12.1 Å². The van der Waals surface area contributed by atoms with Gasteiger partial charge < -0.3 is 4.74 Å². The highest BCUT2D eigenvalue weighted by Crippen LogP contribution is 2.33. The average molecular weight is 266 g/mol. The van der Waals surface area contributed by atoms with Gasteiger partial charge >= 0.3 is 0 Å². The molecular weight excluding hydrogens is 246 g/mol. The lowest BCUT2D eigenvalue weighted by Gasteiger charge is -2.22. The van der Waals surface area contributed by atoms with Crippen molar-refractivity contribution in [2.75, 3.05) is 13.1 Å². The fraction of sp³-hybridized carbons (Fsp3) is 0.600. The number of rotatable bonds is 3. The molecule has 18 heavy (non-hydrogen) atoms. The van der Waals surface area contributed by atoms with Crippen molar-refractivity contribution in [3.05, 3.63) is 28.8 Å². The van der Waals surface area contributed by atoms with Crippen LogP contribution in [0.25, 0.3) is 0 Å². The van der Waals surface area contributed by atoms with Crippen molar-refractivity contribution >= 4 is 11.6 Å². The first-order chi connectivity index (χ1) is 8.74. The maximum absolute atomic E-state index is 6.09. The van der Waals surface area contributed by atoms with Gasteiger partial charge in [0.2, 0.25) is 0 Å². The summed E-state index contributed by atoms with van der Waals surface area (Å²) >= 11 is 6.06. The Labute approximate surface area is 114 Å². The summed E-state index contributed by atoms with van der Waals surface area (Å²) in [5.41, 5.74) is 1.27. The zero-order valence-corrected chi connectivity index (χ0v) is 11.6. The molecule has 0 unspecified atom stereocenters. The van der Waals surface area contributed by atoms with Crippen LogP contribution in [0.1, 0.15) is 31.7 Å². The van der Waals surface area contributed by atoms with E-state index in [0.717, 1.165) is 36.2 Å². The largest absolute Gasteiger partial charge is 0.489 e. The molecule has 1 fully saturated rings. The summed E-state index contributed by atoms with van der Waals surface area (Å²) in [6.45, 7) is 5.45. The van der Waals surface area contributed by atoms with Gasteiger partial charge in [0.15, 0.2) is 0 Å². The molecule has 98 valence electrons. The van der Waals surface area contributed by atoms with E-state index in [0.29, 0.717) is 6.10 Å². The van der Waals surface area contributed by atoms with E-state index in [1.165, 1.54) is 24.9 Å². The first-order valence-electron chi connectivity index (χ1n) is 6.92. The Hall–Kier alpha value is -0.730. The van der Waals surface area contributed by atoms with Crippen molar-refractivity contribution in [1.82, 2.24) is 4.90 Å². The summed E-state index contributed by atoms with van der Waals surface area (Å²) in [5, 5.41) is 0.763. The van der Waals surface area contributed by atoms with E-state index >= 15 is 0 Å². The fourth-order valence-electron chi connectivity index (χ4n) is 2.60. The molecule has 3 heteroatoms. The Kier molecular flexibility index (Phi) is 3.49. The van der Waals surface area contributed by atoms with Gasteiger partial charge in [0.05, 0.1) is 0 Å². The molecule has 1 atom stereocenters. The second-order valence-corrected chi connectivity index (χ2v) is 5.97. The van der Waals surface area contributed by atoms with Crippen LogP contribution in [0.3, 0.4) is 0 Å². The maximum Gasteiger partial charge on any atom is 0.125 e. The van der Waals surface area contributed by atoms with Gasteiger partial charge in [0.25, 0.3) is 0 Å². The molecule has 2 nitrogen and oxygen atoms in total. The molecule has 2 aliphatic rings. The van der Waals surface area contributed by atoms with Gasteiger partial charge in [0, 0.05) is 30.2 Å². The molecule has 1 aromatic carbocycles. The zero-order chi connectivity index (χ0) is 12.5. The average Bonchev–Trinajstić information content (AvgIpc) is 3.15. The first kappa shape index (κ1) is 12.3. The molecule has 1 aliphatic heterocycles. The number of benzene rings is 1. The van der Waals surface area contributed by atoms with Crippen molar-refractivity contribution in [2.45, 2.75) is 38.8 Å². The second-order valence-electron chi connectivity index (χ2n) is 5.54. The Morgan fingerprint density at radius 2 is 2.22 bits per heavy atom. The summed E-state index contributed by atoms with van der Waals surface area (Å²) < 4.78 is 6.09. The van der Waals surface area contributed by atoms with Crippen LogP contribution >= 0.6 is 11.6 Å². The molecule has 0 radical (unpaired) electrons. The number of hydrogen-bond acceptors (Lipinski definition) is 2. The van der Waals surface area contributed by atoms with Crippen LogP contribution < -0.4 is 4.74 Å². The highest BCUT2D eigenvalue weighted by Gasteiger charge is 2.28. The molecule has 1 aromatic rings. The normalized spacial score (nSPS) is 24.2. The Balaban J connectivity index is 1.82.